The van der Waals surface area contributed by atoms with Gasteiger partial charge in [-0.3, -0.25) is 4.98 Å². The summed E-state index contributed by atoms with van der Waals surface area (Å²) in [5.41, 5.74) is 13.5. The lowest BCUT2D eigenvalue weighted by atomic mass is 10.1. The van der Waals surface area contributed by atoms with Gasteiger partial charge in [0.05, 0.1) is 23.7 Å². The number of aliphatic hydroxyl groups is 2. The number of nitrogens with zero attached hydrogens (tertiary/aromatic N) is 4. The maximum atomic E-state index is 12.7. The van der Waals surface area contributed by atoms with Crippen LogP contribution in [0.5, 0.6) is 0 Å². The Bertz CT molecular complexity index is 435. The van der Waals surface area contributed by atoms with Crippen LogP contribution >= 0.6 is 0 Å². The summed E-state index contributed by atoms with van der Waals surface area (Å²) >= 11 is 0. The van der Waals surface area contributed by atoms with Crippen LogP contribution in [0.1, 0.15) is 18.2 Å². The minimum Gasteiger partial charge on any atom is -0.397 e. The molecule has 0 bridgehead atoms. The molecule has 1 heterocycles. The zero-order valence-electron chi connectivity index (χ0n) is 8.86. The predicted octanol–water partition coefficient (Wildman–Crippen LogP) is 0.898. The number of hydrogen-bond acceptors (Lipinski definition) is 5. The van der Waals surface area contributed by atoms with E-state index in [4.69, 9.17) is 11.3 Å². The van der Waals surface area contributed by atoms with Gasteiger partial charge in [0, 0.05) is 17.5 Å². The molecule has 4 N–H and O–H groups in total. The third-order valence-electron chi connectivity index (χ3n) is 2.15. The van der Waals surface area contributed by atoms with E-state index in [1.807, 2.05) is 0 Å². The number of aromatic nitrogens is 1. The van der Waals surface area contributed by atoms with Crippen molar-refractivity contribution >= 4 is 5.69 Å². The Kier molecular flexibility index (Phi) is 4.65. The van der Waals surface area contributed by atoms with Crippen LogP contribution in [0.25, 0.3) is 10.4 Å². The molecule has 0 saturated carbocycles. The van der Waals surface area contributed by atoms with Crippen molar-refractivity contribution in [3.05, 3.63) is 34.2 Å². The van der Waals surface area contributed by atoms with Crippen LogP contribution in [0.4, 0.5) is 10.1 Å². The van der Waals surface area contributed by atoms with Crippen LogP contribution in [0.3, 0.4) is 0 Å². The van der Waals surface area contributed by atoms with Gasteiger partial charge in [-0.1, -0.05) is 5.11 Å². The van der Waals surface area contributed by atoms with E-state index in [0.717, 1.165) is 12.3 Å². The molecule has 7 nitrogen and oxygen atoms in total. The average Bonchev–Trinajstić information content (AvgIpc) is 2.28. The van der Waals surface area contributed by atoms with Gasteiger partial charge in [0.25, 0.3) is 0 Å². The summed E-state index contributed by atoms with van der Waals surface area (Å²) in [4.78, 5) is 6.12. The number of anilines is 1. The van der Waals surface area contributed by atoms with Gasteiger partial charge in [0.2, 0.25) is 0 Å². The first-order valence-corrected chi connectivity index (χ1v) is 4.84. The Hall–Kier alpha value is -1.89. The van der Waals surface area contributed by atoms with Crippen LogP contribution in [0.15, 0.2) is 17.4 Å². The highest BCUT2D eigenvalue weighted by molar-refractivity contribution is 5.43. The molecule has 0 radical (unpaired) electrons. The largest absolute Gasteiger partial charge is 0.397 e. The third kappa shape index (κ3) is 3.56. The molecule has 1 aromatic heterocycles. The second-order valence-electron chi connectivity index (χ2n) is 3.38. The Labute approximate surface area is 96.3 Å². The number of pyridine rings is 1. The highest BCUT2D eigenvalue weighted by atomic mass is 19.1. The molecule has 8 heteroatoms. The SMILES string of the molecule is [N-]=[N+]=NCCC(O)C(O)c1ncc(F)cc1N. The lowest BCUT2D eigenvalue weighted by Gasteiger charge is -2.17. The molecule has 0 aliphatic carbocycles. The number of azide groups is 1. The minimum atomic E-state index is -1.34. The summed E-state index contributed by atoms with van der Waals surface area (Å²) in [6, 6.07) is 1.01. The van der Waals surface area contributed by atoms with Crippen molar-refractivity contribution in [2.75, 3.05) is 12.3 Å². The van der Waals surface area contributed by atoms with Crippen LogP contribution in [0, 0.1) is 5.82 Å². The van der Waals surface area contributed by atoms with E-state index in [-0.39, 0.29) is 24.3 Å². The zero-order valence-corrected chi connectivity index (χ0v) is 8.86. The van der Waals surface area contributed by atoms with Crippen molar-refractivity contribution < 1.29 is 14.6 Å². The number of hydrogen-bond donors (Lipinski definition) is 3. The molecule has 17 heavy (non-hydrogen) atoms. The molecule has 0 fully saturated rings. The van der Waals surface area contributed by atoms with Gasteiger partial charge in [0.1, 0.15) is 11.9 Å². The van der Waals surface area contributed by atoms with Gasteiger partial charge >= 0.3 is 0 Å². The molecule has 0 aromatic carbocycles. The maximum absolute atomic E-state index is 12.7. The fourth-order valence-electron chi connectivity index (χ4n) is 1.29. The van der Waals surface area contributed by atoms with E-state index in [2.05, 4.69) is 15.0 Å². The van der Waals surface area contributed by atoms with Crippen molar-refractivity contribution in [3.8, 4) is 0 Å². The minimum absolute atomic E-state index is 0.000151. The van der Waals surface area contributed by atoms with Crippen LogP contribution < -0.4 is 5.73 Å². The van der Waals surface area contributed by atoms with Gasteiger partial charge in [0.15, 0.2) is 0 Å². The molecular weight excluding hydrogens is 229 g/mol. The highest BCUT2D eigenvalue weighted by Crippen LogP contribution is 2.22. The molecule has 2 unspecified atom stereocenters. The molecular formula is C9H12FN5O2. The Balaban J connectivity index is 2.73. The van der Waals surface area contributed by atoms with E-state index < -0.39 is 18.0 Å². The lowest BCUT2D eigenvalue weighted by Crippen LogP contribution is -2.21. The zero-order chi connectivity index (χ0) is 12.8. The Morgan fingerprint density at radius 1 is 1.59 bits per heavy atom. The van der Waals surface area contributed by atoms with E-state index in [9.17, 15) is 14.6 Å². The van der Waals surface area contributed by atoms with Crippen molar-refractivity contribution in [2.24, 2.45) is 5.11 Å². The molecule has 0 saturated heterocycles. The van der Waals surface area contributed by atoms with Gasteiger partial charge in [-0.05, 0) is 12.0 Å². The number of aliphatic hydroxyl groups excluding tert-OH is 2. The quantitative estimate of drug-likeness (QED) is 0.401. The Morgan fingerprint density at radius 3 is 2.88 bits per heavy atom. The van der Waals surface area contributed by atoms with Crippen molar-refractivity contribution in [1.82, 2.24) is 4.98 Å². The van der Waals surface area contributed by atoms with Gasteiger partial charge in [-0.25, -0.2) is 4.39 Å². The first-order chi connectivity index (χ1) is 8.06. The van der Waals surface area contributed by atoms with Crippen molar-refractivity contribution in [2.45, 2.75) is 18.6 Å². The molecule has 1 aromatic rings. The highest BCUT2D eigenvalue weighted by Gasteiger charge is 2.21. The summed E-state index contributed by atoms with van der Waals surface area (Å²) in [6.07, 6.45) is -1.57. The third-order valence-corrected chi connectivity index (χ3v) is 2.15. The summed E-state index contributed by atoms with van der Waals surface area (Å²) in [6.45, 7) is 0.0375. The van der Waals surface area contributed by atoms with Crippen molar-refractivity contribution in [1.29, 1.82) is 0 Å². The normalized spacial score (nSPS) is 13.8. The lowest BCUT2D eigenvalue weighted by molar-refractivity contribution is 0.0129. The monoisotopic (exact) mass is 241 g/mol. The first kappa shape index (κ1) is 13.2. The summed E-state index contributed by atoms with van der Waals surface area (Å²) < 4.78 is 12.7. The molecule has 0 aliphatic heterocycles. The molecule has 92 valence electrons. The number of nitrogens with two attached hydrogens (primary N) is 1. The first-order valence-electron chi connectivity index (χ1n) is 4.84. The maximum Gasteiger partial charge on any atom is 0.143 e. The van der Waals surface area contributed by atoms with Gasteiger partial charge in [-0.2, -0.15) is 0 Å². The summed E-state index contributed by atoms with van der Waals surface area (Å²) in [7, 11) is 0. The molecule has 1 rings (SSSR count). The molecule has 0 aliphatic rings. The number of rotatable bonds is 5. The van der Waals surface area contributed by atoms with Gasteiger partial charge < -0.3 is 15.9 Å². The molecule has 2 atom stereocenters. The second-order valence-corrected chi connectivity index (χ2v) is 3.38. The molecule has 0 amide bonds. The number of nitrogen functional groups attached to an aromatic ring is 1. The smallest absolute Gasteiger partial charge is 0.143 e. The standard InChI is InChI=1S/C9H12FN5O2/c10-5-3-6(11)8(13-4-5)9(17)7(16)1-2-14-15-12/h3-4,7,9,16-17H,1-2,11H2. The van der Waals surface area contributed by atoms with Gasteiger partial charge in [-0.15, -0.1) is 0 Å². The van der Waals surface area contributed by atoms with E-state index in [1.165, 1.54) is 0 Å². The number of halogens is 1. The van der Waals surface area contributed by atoms with Crippen molar-refractivity contribution in [3.63, 3.8) is 0 Å². The average molecular weight is 241 g/mol. The summed E-state index contributed by atoms with van der Waals surface area (Å²) in [5.74, 6) is -0.623. The molecule has 0 spiro atoms. The van der Waals surface area contributed by atoms with Crippen LogP contribution in [-0.2, 0) is 0 Å². The summed E-state index contributed by atoms with van der Waals surface area (Å²) in [5, 5.41) is 22.5. The second kappa shape index (κ2) is 6.00. The van der Waals surface area contributed by atoms with E-state index in [1.54, 1.807) is 0 Å². The fraction of sp³-hybridized carbons (Fsp3) is 0.444. The van der Waals surface area contributed by atoms with E-state index in [0.29, 0.717) is 0 Å². The predicted molar refractivity (Wildman–Crippen MR) is 58.2 cm³/mol. The Morgan fingerprint density at radius 2 is 2.29 bits per heavy atom. The van der Waals surface area contributed by atoms with Crippen LogP contribution in [0.2, 0.25) is 0 Å². The van der Waals surface area contributed by atoms with Crippen LogP contribution in [-0.4, -0.2) is 27.8 Å². The fourth-order valence-corrected chi connectivity index (χ4v) is 1.29. The topological polar surface area (TPSA) is 128 Å². The van der Waals surface area contributed by atoms with E-state index >= 15 is 0 Å².